The molecule has 110 valence electrons. The van der Waals surface area contributed by atoms with Crippen LogP contribution in [0.2, 0.25) is 0 Å². The molecule has 0 aliphatic carbocycles. The first-order valence-corrected chi connectivity index (χ1v) is 7.55. The Morgan fingerprint density at radius 1 is 1.14 bits per heavy atom. The summed E-state index contributed by atoms with van der Waals surface area (Å²) in [5.74, 6) is 0. The second kappa shape index (κ2) is 6.05. The Kier molecular flexibility index (Phi) is 3.95. The molecular formula is C16H13N3O2S. The standard InChI is InChI=1S/C16H13N3O2S/c17-9-11-3-1-5-13(7-11)16-18-15(10-22-16)12-4-2-6-14(8-12)19(20)21/h1-8,10H,9,17H2. The van der Waals surface area contributed by atoms with Gasteiger partial charge in [-0.2, -0.15) is 0 Å². The maximum Gasteiger partial charge on any atom is 0.270 e. The second-order valence-electron chi connectivity index (χ2n) is 4.75. The van der Waals surface area contributed by atoms with Crippen molar-refractivity contribution in [2.45, 2.75) is 6.54 Å². The fraction of sp³-hybridized carbons (Fsp3) is 0.0625. The van der Waals surface area contributed by atoms with Gasteiger partial charge in [-0.05, 0) is 11.6 Å². The van der Waals surface area contributed by atoms with Crippen LogP contribution in [0.4, 0.5) is 5.69 Å². The van der Waals surface area contributed by atoms with E-state index in [-0.39, 0.29) is 5.69 Å². The Labute approximate surface area is 131 Å². The van der Waals surface area contributed by atoms with Crippen LogP contribution in [-0.4, -0.2) is 9.91 Å². The van der Waals surface area contributed by atoms with E-state index in [0.29, 0.717) is 6.54 Å². The zero-order valence-electron chi connectivity index (χ0n) is 11.6. The molecule has 0 spiro atoms. The minimum absolute atomic E-state index is 0.0668. The molecule has 1 heterocycles. The lowest BCUT2D eigenvalue weighted by molar-refractivity contribution is -0.384. The van der Waals surface area contributed by atoms with Gasteiger partial charge in [0.2, 0.25) is 0 Å². The largest absolute Gasteiger partial charge is 0.326 e. The maximum atomic E-state index is 10.9. The van der Waals surface area contributed by atoms with E-state index in [1.54, 1.807) is 6.07 Å². The lowest BCUT2D eigenvalue weighted by atomic mass is 10.1. The number of rotatable bonds is 4. The van der Waals surface area contributed by atoms with Gasteiger partial charge in [0.05, 0.1) is 10.6 Å². The molecule has 0 aliphatic heterocycles. The highest BCUT2D eigenvalue weighted by Crippen LogP contribution is 2.30. The first-order chi connectivity index (χ1) is 10.7. The molecule has 5 nitrogen and oxygen atoms in total. The lowest BCUT2D eigenvalue weighted by Gasteiger charge is -2.00. The van der Waals surface area contributed by atoms with Crippen LogP contribution in [0.3, 0.4) is 0 Å². The SMILES string of the molecule is NCc1cccc(-c2nc(-c3cccc([N+](=O)[O-])c3)cs2)c1. The van der Waals surface area contributed by atoms with E-state index >= 15 is 0 Å². The Hall–Kier alpha value is -2.57. The Balaban J connectivity index is 1.96. The maximum absolute atomic E-state index is 10.9. The zero-order chi connectivity index (χ0) is 15.5. The Bertz CT molecular complexity index is 830. The molecule has 0 radical (unpaired) electrons. The van der Waals surface area contributed by atoms with Gasteiger partial charge >= 0.3 is 0 Å². The summed E-state index contributed by atoms with van der Waals surface area (Å²) in [6.07, 6.45) is 0. The van der Waals surface area contributed by atoms with E-state index in [1.807, 2.05) is 35.7 Å². The highest BCUT2D eigenvalue weighted by Gasteiger charge is 2.11. The second-order valence-corrected chi connectivity index (χ2v) is 5.61. The molecule has 0 saturated heterocycles. The van der Waals surface area contributed by atoms with Gasteiger partial charge in [0.15, 0.2) is 0 Å². The van der Waals surface area contributed by atoms with Crippen molar-refractivity contribution in [3.8, 4) is 21.8 Å². The zero-order valence-corrected chi connectivity index (χ0v) is 12.4. The number of benzene rings is 2. The molecule has 2 aromatic carbocycles. The molecule has 3 aromatic rings. The van der Waals surface area contributed by atoms with E-state index in [1.165, 1.54) is 23.5 Å². The molecule has 6 heteroatoms. The summed E-state index contributed by atoms with van der Waals surface area (Å²) in [5.41, 5.74) is 9.25. The van der Waals surface area contributed by atoms with Crippen molar-refractivity contribution in [3.05, 3.63) is 69.6 Å². The monoisotopic (exact) mass is 311 g/mol. The van der Waals surface area contributed by atoms with Crippen LogP contribution in [0.25, 0.3) is 21.8 Å². The number of hydrogen-bond donors (Lipinski definition) is 1. The minimum Gasteiger partial charge on any atom is -0.326 e. The van der Waals surface area contributed by atoms with Crippen LogP contribution in [-0.2, 0) is 6.54 Å². The van der Waals surface area contributed by atoms with Crippen LogP contribution in [0.1, 0.15) is 5.56 Å². The van der Waals surface area contributed by atoms with Gasteiger partial charge in [-0.1, -0.05) is 30.3 Å². The van der Waals surface area contributed by atoms with Crippen LogP contribution in [0, 0.1) is 10.1 Å². The summed E-state index contributed by atoms with van der Waals surface area (Å²) in [5, 5.41) is 13.6. The summed E-state index contributed by atoms with van der Waals surface area (Å²) in [4.78, 5) is 15.0. The number of nitrogens with two attached hydrogens (primary N) is 1. The number of aromatic nitrogens is 1. The molecule has 0 amide bonds. The van der Waals surface area contributed by atoms with Crippen molar-refractivity contribution in [1.29, 1.82) is 0 Å². The van der Waals surface area contributed by atoms with E-state index in [9.17, 15) is 10.1 Å². The molecule has 3 rings (SSSR count). The number of thiazole rings is 1. The van der Waals surface area contributed by atoms with Crippen LogP contribution >= 0.6 is 11.3 Å². The lowest BCUT2D eigenvalue weighted by Crippen LogP contribution is -1.95. The van der Waals surface area contributed by atoms with Gasteiger partial charge in [-0.25, -0.2) is 4.98 Å². The molecule has 0 unspecified atom stereocenters. The van der Waals surface area contributed by atoms with E-state index < -0.39 is 4.92 Å². The van der Waals surface area contributed by atoms with Gasteiger partial charge in [0, 0.05) is 35.2 Å². The molecule has 0 saturated carbocycles. The highest BCUT2D eigenvalue weighted by molar-refractivity contribution is 7.13. The third kappa shape index (κ3) is 2.88. The van der Waals surface area contributed by atoms with Crippen molar-refractivity contribution in [2.24, 2.45) is 5.73 Å². The molecule has 0 fully saturated rings. The van der Waals surface area contributed by atoms with Crippen molar-refractivity contribution in [3.63, 3.8) is 0 Å². The average molecular weight is 311 g/mol. The third-order valence-electron chi connectivity index (χ3n) is 3.27. The molecular weight excluding hydrogens is 298 g/mol. The first kappa shape index (κ1) is 14.4. The third-order valence-corrected chi connectivity index (χ3v) is 4.16. The fourth-order valence-corrected chi connectivity index (χ4v) is 2.98. The van der Waals surface area contributed by atoms with E-state index in [4.69, 9.17) is 5.73 Å². The van der Waals surface area contributed by atoms with Gasteiger partial charge in [0.25, 0.3) is 5.69 Å². The molecule has 2 N–H and O–H groups in total. The summed E-state index contributed by atoms with van der Waals surface area (Å²) < 4.78 is 0. The number of nitrogens with zero attached hydrogens (tertiary/aromatic N) is 2. The van der Waals surface area contributed by atoms with Crippen molar-refractivity contribution < 1.29 is 4.92 Å². The average Bonchev–Trinajstić information content (AvgIpc) is 3.05. The van der Waals surface area contributed by atoms with Gasteiger partial charge in [0.1, 0.15) is 5.01 Å². The Morgan fingerprint density at radius 2 is 1.91 bits per heavy atom. The molecule has 1 aromatic heterocycles. The van der Waals surface area contributed by atoms with Crippen LogP contribution in [0.5, 0.6) is 0 Å². The van der Waals surface area contributed by atoms with Crippen molar-refractivity contribution >= 4 is 17.0 Å². The van der Waals surface area contributed by atoms with Gasteiger partial charge in [-0.15, -0.1) is 11.3 Å². The number of nitro benzene ring substituents is 1. The fourth-order valence-electron chi connectivity index (χ4n) is 2.15. The number of hydrogen-bond acceptors (Lipinski definition) is 5. The van der Waals surface area contributed by atoms with Gasteiger partial charge < -0.3 is 5.73 Å². The van der Waals surface area contributed by atoms with Crippen LogP contribution < -0.4 is 5.73 Å². The van der Waals surface area contributed by atoms with Crippen molar-refractivity contribution in [2.75, 3.05) is 0 Å². The number of non-ortho nitro benzene ring substituents is 1. The normalized spacial score (nSPS) is 10.6. The van der Waals surface area contributed by atoms with E-state index in [2.05, 4.69) is 4.98 Å². The molecule has 0 aliphatic rings. The van der Waals surface area contributed by atoms with Gasteiger partial charge in [-0.3, -0.25) is 10.1 Å². The van der Waals surface area contributed by atoms with Crippen molar-refractivity contribution in [1.82, 2.24) is 4.98 Å². The minimum atomic E-state index is -0.401. The predicted molar refractivity (Wildman–Crippen MR) is 87.5 cm³/mol. The summed E-state index contributed by atoms with van der Waals surface area (Å²) in [6.45, 7) is 0.483. The molecule has 22 heavy (non-hydrogen) atoms. The smallest absolute Gasteiger partial charge is 0.270 e. The molecule has 0 bridgehead atoms. The Morgan fingerprint density at radius 3 is 2.68 bits per heavy atom. The first-order valence-electron chi connectivity index (χ1n) is 6.67. The van der Waals surface area contributed by atoms with Crippen LogP contribution in [0.15, 0.2) is 53.9 Å². The molecule has 0 atom stereocenters. The predicted octanol–water partition coefficient (Wildman–Crippen LogP) is 3.84. The summed E-state index contributed by atoms with van der Waals surface area (Å²) >= 11 is 1.51. The number of nitro groups is 1. The summed E-state index contributed by atoms with van der Waals surface area (Å²) in [7, 11) is 0. The summed E-state index contributed by atoms with van der Waals surface area (Å²) in [6, 6.07) is 14.4. The quantitative estimate of drug-likeness (QED) is 0.586. The van der Waals surface area contributed by atoms with E-state index in [0.717, 1.165) is 27.4 Å². The topological polar surface area (TPSA) is 82.0 Å². The highest BCUT2D eigenvalue weighted by atomic mass is 32.1.